The van der Waals surface area contributed by atoms with Crippen molar-refractivity contribution >= 4 is 0 Å². The first-order valence-corrected chi connectivity index (χ1v) is 10.1. The molecule has 0 aromatic heterocycles. The van der Waals surface area contributed by atoms with Crippen molar-refractivity contribution in [3.8, 4) is 5.75 Å². The van der Waals surface area contributed by atoms with E-state index in [2.05, 4.69) is 25.1 Å². The van der Waals surface area contributed by atoms with Gasteiger partial charge in [0.1, 0.15) is 5.75 Å². The lowest BCUT2D eigenvalue weighted by atomic mass is 9.73. The monoisotopic (exact) mass is 346 g/mol. The third-order valence-electron chi connectivity index (χ3n) is 6.54. The van der Waals surface area contributed by atoms with Crippen LogP contribution in [-0.2, 0) is 12.8 Å². The van der Waals surface area contributed by atoms with Gasteiger partial charge in [0, 0.05) is 0 Å². The van der Waals surface area contributed by atoms with E-state index in [0.717, 1.165) is 50.7 Å². The molecule has 2 aliphatic rings. The van der Waals surface area contributed by atoms with Crippen LogP contribution in [0, 0.1) is 17.8 Å². The van der Waals surface area contributed by atoms with Crippen LogP contribution in [0.4, 0.5) is 0 Å². The number of aliphatic hydroxyl groups excluding tert-OH is 2. The number of methoxy groups -OCH3 is 1. The highest BCUT2D eigenvalue weighted by Gasteiger charge is 2.44. The van der Waals surface area contributed by atoms with Crippen molar-refractivity contribution in [2.45, 2.75) is 76.9 Å². The van der Waals surface area contributed by atoms with E-state index in [0.29, 0.717) is 17.8 Å². The van der Waals surface area contributed by atoms with Crippen LogP contribution in [0.3, 0.4) is 0 Å². The number of aliphatic hydroxyl groups is 2. The molecule has 2 N–H and O–H groups in total. The van der Waals surface area contributed by atoms with Crippen LogP contribution in [0.5, 0.6) is 5.75 Å². The smallest absolute Gasteiger partial charge is 0.122 e. The minimum atomic E-state index is -0.210. The van der Waals surface area contributed by atoms with Gasteiger partial charge in [-0.2, -0.15) is 0 Å². The van der Waals surface area contributed by atoms with Gasteiger partial charge in [-0.05, 0) is 73.5 Å². The summed E-state index contributed by atoms with van der Waals surface area (Å²) in [5.41, 5.74) is 2.74. The Labute approximate surface area is 152 Å². The van der Waals surface area contributed by atoms with Crippen molar-refractivity contribution in [1.82, 2.24) is 0 Å². The minimum Gasteiger partial charge on any atom is -0.496 e. The van der Waals surface area contributed by atoms with Crippen LogP contribution in [-0.4, -0.2) is 29.5 Å². The Balaban J connectivity index is 1.61. The first-order chi connectivity index (χ1) is 12.1. The lowest BCUT2D eigenvalue weighted by Gasteiger charge is -2.32. The minimum absolute atomic E-state index is 0.200. The molecule has 1 saturated carbocycles. The van der Waals surface area contributed by atoms with E-state index in [-0.39, 0.29) is 12.2 Å². The van der Waals surface area contributed by atoms with Gasteiger partial charge < -0.3 is 14.9 Å². The number of unbranched alkanes of at least 4 members (excludes halogenated alkanes) is 2. The van der Waals surface area contributed by atoms with E-state index in [9.17, 15) is 10.2 Å². The molecule has 1 aromatic rings. The molecule has 0 saturated heterocycles. The maximum Gasteiger partial charge on any atom is 0.122 e. The second-order valence-corrected chi connectivity index (χ2v) is 8.12. The maximum atomic E-state index is 10.6. The second-order valence-electron chi connectivity index (χ2n) is 8.12. The van der Waals surface area contributed by atoms with Crippen LogP contribution in [0.2, 0.25) is 0 Å². The standard InChI is InChI=1S/C22H34O3/c1-3-4-5-8-17(23)10-11-18-19-12-15-7-6-9-22(25-2)20(15)13-16(19)14-21(18)24/h6-7,9,16-19,21,23-24H,3-5,8,10-14H2,1-2H3. The Morgan fingerprint density at radius 3 is 2.80 bits per heavy atom. The van der Waals surface area contributed by atoms with E-state index in [4.69, 9.17) is 4.74 Å². The Morgan fingerprint density at radius 1 is 1.20 bits per heavy atom. The predicted octanol–water partition coefficient (Wildman–Crippen LogP) is 4.13. The summed E-state index contributed by atoms with van der Waals surface area (Å²) in [6.45, 7) is 2.19. The summed E-state index contributed by atoms with van der Waals surface area (Å²) in [5, 5.41) is 20.9. The highest BCUT2D eigenvalue weighted by molar-refractivity contribution is 5.43. The van der Waals surface area contributed by atoms with Gasteiger partial charge in [0.25, 0.3) is 0 Å². The summed E-state index contributed by atoms with van der Waals surface area (Å²) >= 11 is 0. The molecule has 3 heteroatoms. The highest BCUT2D eigenvalue weighted by Crippen LogP contribution is 2.48. The molecule has 1 fully saturated rings. The summed E-state index contributed by atoms with van der Waals surface area (Å²) in [7, 11) is 1.74. The third kappa shape index (κ3) is 4.20. The van der Waals surface area contributed by atoms with Crippen molar-refractivity contribution in [3.63, 3.8) is 0 Å². The summed E-state index contributed by atoms with van der Waals surface area (Å²) in [5.74, 6) is 2.45. The molecule has 0 amide bonds. The average Bonchev–Trinajstić information content (AvgIpc) is 2.92. The molecule has 0 aliphatic heterocycles. The fourth-order valence-corrected chi connectivity index (χ4v) is 5.15. The van der Waals surface area contributed by atoms with Gasteiger partial charge in [-0.15, -0.1) is 0 Å². The first kappa shape index (κ1) is 18.7. The van der Waals surface area contributed by atoms with E-state index < -0.39 is 0 Å². The summed E-state index contributed by atoms with van der Waals surface area (Å²) in [6.07, 6.45) is 8.77. The largest absolute Gasteiger partial charge is 0.496 e. The molecule has 0 heterocycles. The molecule has 5 atom stereocenters. The maximum absolute atomic E-state index is 10.6. The Bertz CT molecular complexity index is 556. The van der Waals surface area contributed by atoms with Crippen molar-refractivity contribution in [2.24, 2.45) is 17.8 Å². The zero-order valence-corrected chi connectivity index (χ0v) is 15.8. The number of benzene rings is 1. The molecular weight excluding hydrogens is 312 g/mol. The van der Waals surface area contributed by atoms with Crippen LogP contribution in [0.15, 0.2) is 18.2 Å². The Morgan fingerprint density at radius 2 is 2.04 bits per heavy atom. The molecule has 0 bridgehead atoms. The third-order valence-corrected chi connectivity index (χ3v) is 6.54. The lowest BCUT2D eigenvalue weighted by molar-refractivity contribution is 0.0869. The number of hydrogen-bond acceptors (Lipinski definition) is 3. The number of hydrogen-bond donors (Lipinski definition) is 2. The van der Waals surface area contributed by atoms with Gasteiger partial charge in [0.2, 0.25) is 0 Å². The van der Waals surface area contributed by atoms with E-state index in [1.165, 1.54) is 24.0 Å². The SMILES string of the molecule is CCCCCC(O)CCC1C(O)CC2Cc3c(cccc3OC)CC21. The van der Waals surface area contributed by atoms with Crippen molar-refractivity contribution < 1.29 is 14.9 Å². The van der Waals surface area contributed by atoms with Crippen LogP contribution < -0.4 is 4.74 Å². The molecule has 140 valence electrons. The molecule has 0 radical (unpaired) electrons. The summed E-state index contributed by atoms with van der Waals surface area (Å²) in [6, 6.07) is 6.35. The average molecular weight is 347 g/mol. The Kier molecular flexibility index (Phi) is 6.40. The molecular formula is C22H34O3. The lowest BCUT2D eigenvalue weighted by Crippen LogP contribution is -2.28. The summed E-state index contributed by atoms with van der Waals surface area (Å²) < 4.78 is 5.54. The normalized spacial score (nSPS) is 29.1. The number of fused-ring (bicyclic) bond motifs is 2. The van der Waals surface area contributed by atoms with Gasteiger partial charge in [0.05, 0.1) is 19.3 Å². The first-order valence-electron chi connectivity index (χ1n) is 10.1. The second kappa shape index (κ2) is 8.55. The number of ether oxygens (including phenoxy) is 1. The van der Waals surface area contributed by atoms with Gasteiger partial charge in [0.15, 0.2) is 0 Å². The van der Waals surface area contributed by atoms with E-state index in [1.807, 2.05) is 0 Å². The molecule has 3 rings (SSSR count). The van der Waals surface area contributed by atoms with Crippen molar-refractivity contribution in [2.75, 3.05) is 7.11 Å². The molecule has 25 heavy (non-hydrogen) atoms. The van der Waals surface area contributed by atoms with Crippen LogP contribution >= 0.6 is 0 Å². The van der Waals surface area contributed by atoms with Crippen LogP contribution in [0.1, 0.15) is 63.0 Å². The zero-order valence-electron chi connectivity index (χ0n) is 15.8. The molecule has 5 unspecified atom stereocenters. The van der Waals surface area contributed by atoms with Gasteiger partial charge >= 0.3 is 0 Å². The van der Waals surface area contributed by atoms with E-state index >= 15 is 0 Å². The topological polar surface area (TPSA) is 49.7 Å². The summed E-state index contributed by atoms with van der Waals surface area (Å²) in [4.78, 5) is 0. The molecule has 0 spiro atoms. The molecule has 1 aromatic carbocycles. The number of rotatable bonds is 8. The van der Waals surface area contributed by atoms with Crippen molar-refractivity contribution in [1.29, 1.82) is 0 Å². The van der Waals surface area contributed by atoms with Crippen molar-refractivity contribution in [3.05, 3.63) is 29.3 Å². The van der Waals surface area contributed by atoms with Gasteiger partial charge in [-0.3, -0.25) is 0 Å². The zero-order chi connectivity index (χ0) is 17.8. The highest BCUT2D eigenvalue weighted by atomic mass is 16.5. The van der Waals surface area contributed by atoms with Gasteiger partial charge in [-0.1, -0.05) is 38.3 Å². The van der Waals surface area contributed by atoms with Crippen LogP contribution in [0.25, 0.3) is 0 Å². The van der Waals surface area contributed by atoms with E-state index in [1.54, 1.807) is 7.11 Å². The molecule has 2 aliphatic carbocycles. The predicted molar refractivity (Wildman–Crippen MR) is 101 cm³/mol. The Hall–Kier alpha value is -1.06. The molecule has 3 nitrogen and oxygen atoms in total. The van der Waals surface area contributed by atoms with Gasteiger partial charge in [-0.25, -0.2) is 0 Å². The quantitative estimate of drug-likeness (QED) is 0.696. The fourth-order valence-electron chi connectivity index (χ4n) is 5.15. The fraction of sp³-hybridized carbons (Fsp3) is 0.727.